The van der Waals surface area contributed by atoms with Crippen molar-refractivity contribution in [2.75, 3.05) is 18.6 Å². The highest BCUT2D eigenvalue weighted by atomic mass is 32.2. The van der Waals surface area contributed by atoms with Gasteiger partial charge in [0.1, 0.15) is 16.7 Å². The van der Waals surface area contributed by atoms with Crippen molar-refractivity contribution >= 4 is 17.6 Å². The summed E-state index contributed by atoms with van der Waals surface area (Å²) in [4.78, 5) is 9.15. The number of hydrazine groups is 1. The van der Waals surface area contributed by atoms with E-state index in [1.54, 1.807) is 0 Å². The molecular weight excluding hydrogens is 260 g/mol. The molecule has 2 heterocycles. The summed E-state index contributed by atoms with van der Waals surface area (Å²) in [6, 6.07) is 0. The third-order valence-electron chi connectivity index (χ3n) is 3.22. The molecule has 3 N–H and O–H groups in total. The van der Waals surface area contributed by atoms with Crippen LogP contribution in [0.15, 0.2) is 5.03 Å². The predicted octanol–water partition coefficient (Wildman–Crippen LogP) is 2.47. The Morgan fingerprint density at radius 2 is 2.00 bits per heavy atom. The highest BCUT2D eigenvalue weighted by Gasteiger charge is 2.19. The van der Waals surface area contributed by atoms with Gasteiger partial charge in [-0.3, -0.25) is 0 Å². The summed E-state index contributed by atoms with van der Waals surface area (Å²) in [5, 5.41) is 1.62. The molecule has 5 nitrogen and oxygen atoms in total. The largest absolute Gasteiger partial charge is 0.381 e. The molecule has 1 aromatic rings. The Bertz CT molecular complexity index is 433. The number of hydrogen-bond donors (Lipinski definition) is 2. The fourth-order valence-electron chi connectivity index (χ4n) is 1.98. The van der Waals surface area contributed by atoms with Gasteiger partial charge >= 0.3 is 0 Å². The van der Waals surface area contributed by atoms with Crippen molar-refractivity contribution in [3.05, 3.63) is 11.4 Å². The molecule has 19 heavy (non-hydrogen) atoms. The van der Waals surface area contributed by atoms with Gasteiger partial charge in [-0.15, -0.1) is 11.8 Å². The van der Waals surface area contributed by atoms with Crippen LogP contribution >= 0.6 is 11.8 Å². The van der Waals surface area contributed by atoms with Gasteiger partial charge in [-0.1, -0.05) is 13.8 Å². The lowest BCUT2D eigenvalue weighted by Crippen LogP contribution is -2.19. The molecule has 0 spiro atoms. The third kappa shape index (κ3) is 3.58. The number of nitrogens with zero attached hydrogens (tertiary/aromatic N) is 2. The van der Waals surface area contributed by atoms with Crippen LogP contribution in [-0.4, -0.2) is 28.4 Å². The van der Waals surface area contributed by atoms with Crippen LogP contribution in [-0.2, 0) is 4.74 Å². The second-order valence-electron chi connectivity index (χ2n) is 5.09. The molecule has 0 atom stereocenters. The van der Waals surface area contributed by atoms with Crippen LogP contribution in [0.1, 0.15) is 44.0 Å². The van der Waals surface area contributed by atoms with Crippen molar-refractivity contribution in [2.45, 2.75) is 49.8 Å². The molecule has 0 unspecified atom stereocenters. The predicted molar refractivity (Wildman–Crippen MR) is 78.4 cm³/mol. The van der Waals surface area contributed by atoms with Crippen LogP contribution in [0.3, 0.4) is 0 Å². The summed E-state index contributed by atoms with van der Waals surface area (Å²) in [5.74, 6) is 7.42. The van der Waals surface area contributed by atoms with E-state index in [1.165, 1.54) is 0 Å². The average Bonchev–Trinajstić information content (AvgIpc) is 2.42. The molecular formula is C13H22N4OS. The highest BCUT2D eigenvalue weighted by Crippen LogP contribution is 2.33. The summed E-state index contributed by atoms with van der Waals surface area (Å²) in [7, 11) is 0. The Kier molecular flexibility index (Phi) is 5.01. The van der Waals surface area contributed by atoms with Crippen molar-refractivity contribution in [3.8, 4) is 0 Å². The van der Waals surface area contributed by atoms with Crippen molar-refractivity contribution in [1.82, 2.24) is 9.97 Å². The first-order chi connectivity index (χ1) is 9.11. The maximum absolute atomic E-state index is 5.55. The van der Waals surface area contributed by atoms with Crippen molar-refractivity contribution < 1.29 is 4.74 Å². The Labute approximate surface area is 118 Å². The minimum Gasteiger partial charge on any atom is -0.381 e. The van der Waals surface area contributed by atoms with Crippen LogP contribution < -0.4 is 11.3 Å². The standard InChI is InChI=1S/C13H22N4OS/c1-8(2)11-15-12(17-14)9(3)13(16-11)19-10-4-6-18-7-5-10/h8,10H,4-7,14H2,1-3H3,(H,15,16,17). The van der Waals surface area contributed by atoms with E-state index in [0.717, 1.165) is 48.3 Å². The number of ether oxygens (including phenoxy) is 1. The molecule has 1 aliphatic rings. The van der Waals surface area contributed by atoms with Gasteiger partial charge in [0.15, 0.2) is 0 Å². The first kappa shape index (κ1) is 14.6. The summed E-state index contributed by atoms with van der Waals surface area (Å²) in [5.41, 5.74) is 3.71. The molecule has 2 rings (SSSR count). The number of anilines is 1. The number of nitrogen functional groups attached to an aromatic ring is 1. The second kappa shape index (κ2) is 6.54. The molecule has 106 valence electrons. The van der Waals surface area contributed by atoms with E-state index in [0.29, 0.717) is 11.2 Å². The lowest BCUT2D eigenvalue weighted by atomic mass is 10.2. The molecule has 1 aliphatic heterocycles. The first-order valence-corrected chi connectivity index (χ1v) is 7.59. The molecule has 0 amide bonds. The molecule has 0 radical (unpaired) electrons. The molecule has 1 fully saturated rings. The fraction of sp³-hybridized carbons (Fsp3) is 0.692. The minimum atomic E-state index is 0.293. The number of hydrogen-bond acceptors (Lipinski definition) is 6. The summed E-state index contributed by atoms with van der Waals surface area (Å²) >= 11 is 1.83. The normalized spacial score (nSPS) is 16.9. The topological polar surface area (TPSA) is 73.1 Å². The van der Waals surface area contributed by atoms with Crippen molar-refractivity contribution in [2.24, 2.45) is 5.84 Å². The van der Waals surface area contributed by atoms with Crippen LogP contribution in [0.25, 0.3) is 0 Å². The smallest absolute Gasteiger partial charge is 0.147 e. The molecule has 0 bridgehead atoms. The Balaban J connectivity index is 2.24. The van der Waals surface area contributed by atoms with E-state index in [2.05, 4.69) is 29.2 Å². The highest BCUT2D eigenvalue weighted by molar-refractivity contribution is 7.99. The van der Waals surface area contributed by atoms with Crippen LogP contribution in [0.5, 0.6) is 0 Å². The van der Waals surface area contributed by atoms with Gasteiger partial charge in [0.25, 0.3) is 0 Å². The Morgan fingerprint density at radius 3 is 2.58 bits per heavy atom. The third-order valence-corrected chi connectivity index (χ3v) is 4.64. The molecule has 6 heteroatoms. The molecule has 1 saturated heterocycles. The first-order valence-electron chi connectivity index (χ1n) is 6.71. The maximum Gasteiger partial charge on any atom is 0.147 e. The number of rotatable bonds is 4. The second-order valence-corrected chi connectivity index (χ2v) is 6.38. The van der Waals surface area contributed by atoms with Crippen LogP contribution in [0.2, 0.25) is 0 Å². The molecule has 0 aromatic carbocycles. The molecule has 0 aliphatic carbocycles. The Morgan fingerprint density at radius 1 is 1.32 bits per heavy atom. The van der Waals surface area contributed by atoms with Gasteiger partial charge in [-0.2, -0.15) is 0 Å². The van der Waals surface area contributed by atoms with E-state index < -0.39 is 0 Å². The molecule has 1 aromatic heterocycles. The summed E-state index contributed by atoms with van der Waals surface area (Å²) in [6.45, 7) is 7.89. The average molecular weight is 282 g/mol. The van der Waals surface area contributed by atoms with E-state index in [1.807, 2.05) is 18.7 Å². The van der Waals surface area contributed by atoms with Crippen LogP contribution in [0.4, 0.5) is 5.82 Å². The summed E-state index contributed by atoms with van der Waals surface area (Å²) < 4.78 is 5.40. The minimum absolute atomic E-state index is 0.293. The van der Waals surface area contributed by atoms with E-state index in [9.17, 15) is 0 Å². The zero-order valence-electron chi connectivity index (χ0n) is 11.8. The van der Waals surface area contributed by atoms with Gasteiger partial charge < -0.3 is 10.2 Å². The van der Waals surface area contributed by atoms with Gasteiger partial charge in [-0.05, 0) is 19.8 Å². The lowest BCUT2D eigenvalue weighted by Gasteiger charge is -2.22. The van der Waals surface area contributed by atoms with Gasteiger partial charge in [0, 0.05) is 29.9 Å². The lowest BCUT2D eigenvalue weighted by molar-refractivity contribution is 0.1000. The van der Waals surface area contributed by atoms with Gasteiger partial charge in [-0.25, -0.2) is 15.8 Å². The van der Waals surface area contributed by atoms with E-state index >= 15 is 0 Å². The zero-order valence-corrected chi connectivity index (χ0v) is 12.6. The zero-order chi connectivity index (χ0) is 13.8. The maximum atomic E-state index is 5.55. The number of nitrogens with one attached hydrogen (secondary N) is 1. The summed E-state index contributed by atoms with van der Waals surface area (Å²) in [6.07, 6.45) is 2.16. The number of thioether (sulfide) groups is 1. The van der Waals surface area contributed by atoms with Crippen molar-refractivity contribution in [1.29, 1.82) is 0 Å². The fourth-order valence-corrected chi connectivity index (χ4v) is 3.14. The van der Waals surface area contributed by atoms with Gasteiger partial charge in [0.05, 0.1) is 0 Å². The van der Waals surface area contributed by atoms with Crippen molar-refractivity contribution in [3.63, 3.8) is 0 Å². The van der Waals surface area contributed by atoms with Gasteiger partial charge in [0.2, 0.25) is 0 Å². The monoisotopic (exact) mass is 282 g/mol. The quantitative estimate of drug-likeness (QED) is 0.502. The Hall–Kier alpha value is -0.850. The number of aromatic nitrogens is 2. The molecule has 0 saturated carbocycles. The van der Waals surface area contributed by atoms with E-state index in [4.69, 9.17) is 10.6 Å². The van der Waals surface area contributed by atoms with E-state index in [-0.39, 0.29) is 0 Å². The van der Waals surface area contributed by atoms with Crippen LogP contribution in [0, 0.1) is 6.92 Å². The number of nitrogens with two attached hydrogens (primary N) is 1. The SMILES string of the molecule is Cc1c(NN)nc(C(C)C)nc1SC1CCOCC1.